The van der Waals surface area contributed by atoms with Crippen LogP contribution in [0.3, 0.4) is 0 Å². The Kier molecular flexibility index (Phi) is 7.85. The highest BCUT2D eigenvalue weighted by molar-refractivity contribution is 5.65. The number of aryl methyl sites for hydroxylation is 1. The summed E-state index contributed by atoms with van der Waals surface area (Å²) in [6.07, 6.45) is 10.9. The molecule has 1 nitrogen and oxygen atoms in total. The molecule has 0 atom stereocenters. The third-order valence-corrected chi connectivity index (χ3v) is 5.89. The van der Waals surface area contributed by atoms with Gasteiger partial charge in [0.1, 0.15) is 5.82 Å². The summed E-state index contributed by atoms with van der Waals surface area (Å²) in [7, 11) is 0. The van der Waals surface area contributed by atoms with E-state index in [1.807, 2.05) is 24.3 Å². The third kappa shape index (κ3) is 5.54. The van der Waals surface area contributed by atoms with E-state index in [1.54, 1.807) is 6.07 Å². The molecule has 28 heavy (non-hydrogen) atoms. The van der Waals surface area contributed by atoms with Crippen LogP contribution < -0.4 is 0 Å². The number of unbranched alkanes of at least 4 members (excludes halogenated alkanes) is 1. The van der Waals surface area contributed by atoms with Crippen LogP contribution in [0.15, 0.2) is 55.1 Å². The van der Waals surface area contributed by atoms with Crippen molar-refractivity contribution >= 4 is 0 Å². The summed E-state index contributed by atoms with van der Waals surface area (Å²) in [5, 5.41) is 0. The number of hydrogen-bond donors (Lipinski definition) is 0. The lowest BCUT2D eigenvalue weighted by atomic mass is 9.82. The Morgan fingerprint density at radius 2 is 1.82 bits per heavy atom. The van der Waals surface area contributed by atoms with E-state index < -0.39 is 0 Å². The second kappa shape index (κ2) is 10.6. The molecule has 0 amide bonds. The number of allylic oxidation sites excluding steroid dienone is 1. The highest BCUT2D eigenvalue weighted by Crippen LogP contribution is 2.36. The van der Waals surface area contributed by atoms with E-state index in [0.717, 1.165) is 62.7 Å². The van der Waals surface area contributed by atoms with Gasteiger partial charge in [-0.2, -0.15) is 0 Å². The lowest BCUT2D eigenvalue weighted by Crippen LogP contribution is -2.21. The summed E-state index contributed by atoms with van der Waals surface area (Å²) in [5.74, 6) is 0.341. The van der Waals surface area contributed by atoms with E-state index >= 15 is 0 Å². The van der Waals surface area contributed by atoms with Gasteiger partial charge in [-0.25, -0.2) is 4.39 Å². The van der Waals surface area contributed by atoms with E-state index in [1.165, 1.54) is 12.0 Å². The smallest absolute Gasteiger partial charge is 0.131 e. The first-order valence-corrected chi connectivity index (χ1v) is 10.8. The Morgan fingerprint density at radius 1 is 1.07 bits per heavy atom. The van der Waals surface area contributed by atoms with Gasteiger partial charge in [0.25, 0.3) is 0 Å². The topological polar surface area (TPSA) is 9.23 Å². The maximum Gasteiger partial charge on any atom is 0.131 e. The molecule has 0 N–H and O–H groups in total. The fraction of sp³-hybridized carbons (Fsp3) is 0.462. The molecule has 0 aromatic heterocycles. The van der Waals surface area contributed by atoms with Crippen molar-refractivity contribution in [2.75, 3.05) is 6.61 Å². The van der Waals surface area contributed by atoms with E-state index in [0.29, 0.717) is 17.6 Å². The minimum atomic E-state index is -0.113. The lowest BCUT2D eigenvalue weighted by molar-refractivity contribution is 0.0232. The van der Waals surface area contributed by atoms with E-state index in [4.69, 9.17) is 4.74 Å². The summed E-state index contributed by atoms with van der Waals surface area (Å²) in [4.78, 5) is 0. The number of rotatable bonds is 9. The van der Waals surface area contributed by atoms with Crippen molar-refractivity contribution in [3.05, 3.63) is 72.1 Å². The van der Waals surface area contributed by atoms with Crippen LogP contribution in [0.1, 0.15) is 68.9 Å². The first-order valence-electron chi connectivity index (χ1n) is 10.8. The quantitative estimate of drug-likeness (QED) is 0.324. The fourth-order valence-corrected chi connectivity index (χ4v) is 4.10. The van der Waals surface area contributed by atoms with Gasteiger partial charge in [0.15, 0.2) is 0 Å². The molecule has 0 heterocycles. The van der Waals surface area contributed by atoms with Crippen molar-refractivity contribution in [3.8, 4) is 11.1 Å². The molecule has 2 heteroatoms. The molecule has 0 unspecified atom stereocenters. The van der Waals surface area contributed by atoms with Gasteiger partial charge in [0.2, 0.25) is 0 Å². The highest BCUT2D eigenvalue weighted by atomic mass is 19.1. The molecule has 0 saturated heterocycles. The van der Waals surface area contributed by atoms with Crippen LogP contribution in [0.4, 0.5) is 4.39 Å². The molecular weight excluding hydrogens is 347 g/mol. The minimum Gasteiger partial charge on any atom is -0.378 e. The molecule has 1 fully saturated rings. The zero-order chi connectivity index (χ0) is 19.8. The van der Waals surface area contributed by atoms with Crippen molar-refractivity contribution in [1.29, 1.82) is 0 Å². The van der Waals surface area contributed by atoms with Crippen LogP contribution in [-0.4, -0.2) is 12.7 Å². The Hall–Kier alpha value is -1.93. The molecule has 3 rings (SSSR count). The molecule has 1 aliphatic rings. The molecule has 2 aromatic carbocycles. The van der Waals surface area contributed by atoms with Gasteiger partial charge in [-0.05, 0) is 73.6 Å². The second-order valence-corrected chi connectivity index (χ2v) is 7.96. The normalized spacial score (nSPS) is 19.5. The Morgan fingerprint density at radius 3 is 2.46 bits per heavy atom. The van der Waals surface area contributed by atoms with Crippen LogP contribution >= 0.6 is 0 Å². The Bertz CT molecular complexity index is 742. The molecule has 2 aromatic rings. The molecule has 150 valence electrons. The van der Waals surface area contributed by atoms with Crippen molar-refractivity contribution < 1.29 is 9.13 Å². The standard InChI is InChI=1S/C26H33FO/c1-3-5-7-20-8-10-22(11-9-20)25-17-14-23(19-26(25)27)21-12-15-24(16-13-21)28-18-6-4-2/h3,8-11,14,17,19,21,24H,1,4-7,12-13,15-16,18H2,2H3. The SMILES string of the molecule is C=CCCc1ccc(-c2ccc(C3CCC(OCCCC)CC3)cc2F)cc1. The van der Waals surface area contributed by atoms with Gasteiger partial charge in [0, 0.05) is 12.2 Å². The predicted molar refractivity (Wildman–Crippen MR) is 116 cm³/mol. The van der Waals surface area contributed by atoms with Crippen LogP contribution in [0.25, 0.3) is 11.1 Å². The average molecular weight is 381 g/mol. The van der Waals surface area contributed by atoms with Crippen LogP contribution in [0.5, 0.6) is 0 Å². The van der Waals surface area contributed by atoms with Gasteiger partial charge in [-0.1, -0.05) is 55.8 Å². The van der Waals surface area contributed by atoms with Crippen molar-refractivity contribution in [2.24, 2.45) is 0 Å². The zero-order valence-electron chi connectivity index (χ0n) is 17.1. The summed E-state index contributed by atoms with van der Waals surface area (Å²) < 4.78 is 20.8. The van der Waals surface area contributed by atoms with Crippen molar-refractivity contribution in [1.82, 2.24) is 0 Å². The molecule has 1 aliphatic carbocycles. The molecule has 0 radical (unpaired) electrons. The Balaban J connectivity index is 1.60. The zero-order valence-corrected chi connectivity index (χ0v) is 17.1. The number of hydrogen-bond acceptors (Lipinski definition) is 1. The van der Waals surface area contributed by atoms with Crippen LogP contribution in [0.2, 0.25) is 0 Å². The summed E-state index contributed by atoms with van der Waals surface area (Å²) in [6, 6.07) is 14.0. The van der Waals surface area contributed by atoms with Crippen LogP contribution in [0, 0.1) is 5.82 Å². The largest absolute Gasteiger partial charge is 0.378 e. The first-order chi connectivity index (χ1) is 13.7. The average Bonchev–Trinajstić information content (AvgIpc) is 2.73. The molecule has 0 aliphatic heterocycles. The number of ether oxygens (including phenoxy) is 1. The Labute approximate surface area is 169 Å². The van der Waals surface area contributed by atoms with Crippen molar-refractivity contribution in [3.63, 3.8) is 0 Å². The first kappa shape index (κ1) is 20.8. The lowest BCUT2D eigenvalue weighted by Gasteiger charge is -2.29. The minimum absolute atomic E-state index is 0.113. The third-order valence-electron chi connectivity index (χ3n) is 5.89. The predicted octanol–water partition coefficient (Wildman–Crippen LogP) is 7.45. The van der Waals surface area contributed by atoms with Gasteiger partial charge in [-0.3, -0.25) is 0 Å². The second-order valence-electron chi connectivity index (χ2n) is 7.96. The van der Waals surface area contributed by atoms with E-state index in [2.05, 4.69) is 31.7 Å². The van der Waals surface area contributed by atoms with Gasteiger partial charge in [-0.15, -0.1) is 6.58 Å². The molecule has 0 bridgehead atoms. The maximum atomic E-state index is 14.8. The molecule has 0 spiro atoms. The van der Waals surface area contributed by atoms with Gasteiger partial charge < -0.3 is 4.74 Å². The highest BCUT2D eigenvalue weighted by Gasteiger charge is 2.23. The number of halogens is 1. The fourth-order valence-electron chi connectivity index (χ4n) is 4.10. The van der Waals surface area contributed by atoms with Gasteiger partial charge >= 0.3 is 0 Å². The van der Waals surface area contributed by atoms with Crippen LogP contribution in [-0.2, 0) is 11.2 Å². The van der Waals surface area contributed by atoms with E-state index in [-0.39, 0.29) is 5.82 Å². The summed E-state index contributed by atoms with van der Waals surface area (Å²) in [6.45, 7) is 6.83. The monoisotopic (exact) mass is 380 g/mol. The van der Waals surface area contributed by atoms with Crippen molar-refractivity contribution in [2.45, 2.75) is 70.3 Å². The van der Waals surface area contributed by atoms with Gasteiger partial charge in [0.05, 0.1) is 6.10 Å². The van der Waals surface area contributed by atoms with E-state index in [9.17, 15) is 4.39 Å². The maximum absolute atomic E-state index is 14.8. The number of benzene rings is 2. The molecular formula is C26H33FO. The molecule has 1 saturated carbocycles. The summed E-state index contributed by atoms with van der Waals surface area (Å²) >= 11 is 0. The summed E-state index contributed by atoms with van der Waals surface area (Å²) in [5.41, 5.74) is 4.03.